The standard InChI is InChI=1S/C7H12N2O4/c1-3-5(10)13-9-6(8)7(11)12-4-2/h3-4H2,1-2H3,(H2,8,9). The zero-order valence-electron chi connectivity index (χ0n) is 7.57. The Bertz CT molecular complexity index is 225. The van der Waals surface area contributed by atoms with Crippen molar-refractivity contribution in [2.75, 3.05) is 6.61 Å². The van der Waals surface area contributed by atoms with Crippen molar-refractivity contribution in [3.63, 3.8) is 0 Å². The second-order valence-electron chi connectivity index (χ2n) is 2.01. The number of nitrogens with zero attached hydrogens (tertiary/aromatic N) is 1. The van der Waals surface area contributed by atoms with Crippen LogP contribution in [0.4, 0.5) is 0 Å². The first kappa shape index (κ1) is 11.4. The van der Waals surface area contributed by atoms with Gasteiger partial charge < -0.3 is 15.3 Å². The molecular formula is C7H12N2O4. The van der Waals surface area contributed by atoms with Crippen molar-refractivity contribution in [2.24, 2.45) is 10.9 Å². The summed E-state index contributed by atoms with van der Waals surface area (Å²) in [4.78, 5) is 25.6. The fourth-order valence-corrected chi connectivity index (χ4v) is 0.407. The number of amidine groups is 1. The highest BCUT2D eigenvalue weighted by Crippen LogP contribution is 1.86. The van der Waals surface area contributed by atoms with Gasteiger partial charge in [-0.25, -0.2) is 9.59 Å². The molecule has 0 radical (unpaired) electrons. The number of esters is 1. The van der Waals surface area contributed by atoms with E-state index in [9.17, 15) is 9.59 Å². The molecule has 0 saturated heterocycles. The molecule has 0 fully saturated rings. The lowest BCUT2D eigenvalue weighted by Crippen LogP contribution is -2.26. The molecule has 0 saturated carbocycles. The van der Waals surface area contributed by atoms with Crippen LogP contribution in [0, 0.1) is 0 Å². The van der Waals surface area contributed by atoms with Crippen molar-refractivity contribution in [1.29, 1.82) is 0 Å². The van der Waals surface area contributed by atoms with E-state index in [4.69, 9.17) is 5.73 Å². The Kier molecular flexibility index (Phi) is 5.25. The largest absolute Gasteiger partial charge is 0.460 e. The van der Waals surface area contributed by atoms with Gasteiger partial charge >= 0.3 is 11.9 Å². The van der Waals surface area contributed by atoms with Crippen LogP contribution in [0.1, 0.15) is 20.3 Å². The van der Waals surface area contributed by atoms with E-state index in [0.29, 0.717) is 0 Å². The number of carbonyl (C=O) groups is 2. The molecule has 0 bridgehead atoms. The van der Waals surface area contributed by atoms with Crippen LogP contribution in [-0.2, 0) is 19.2 Å². The minimum absolute atomic E-state index is 0.166. The number of hydrogen-bond donors (Lipinski definition) is 1. The summed E-state index contributed by atoms with van der Waals surface area (Å²) in [6.45, 7) is 3.42. The maximum absolute atomic E-state index is 10.8. The maximum atomic E-state index is 10.8. The number of nitrogens with two attached hydrogens (primary N) is 1. The Morgan fingerprint density at radius 2 is 2.00 bits per heavy atom. The van der Waals surface area contributed by atoms with Crippen LogP contribution < -0.4 is 5.73 Å². The molecule has 0 aromatic heterocycles. The second kappa shape index (κ2) is 5.99. The minimum atomic E-state index is -0.800. The molecule has 0 rings (SSSR count). The van der Waals surface area contributed by atoms with Crippen molar-refractivity contribution in [3.8, 4) is 0 Å². The molecule has 74 valence electrons. The van der Waals surface area contributed by atoms with E-state index < -0.39 is 17.8 Å². The molecule has 6 heteroatoms. The molecule has 6 nitrogen and oxygen atoms in total. The van der Waals surface area contributed by atoms with E-state index >= 15 is 0 Å². The van der Waals surface area contributed by atoms with Gasteiger partial charge in [0.1, 0.15) is 0 Å². The highest BCUT2D eigenvalue weighted by Gasteiger charge is 2.08. The van der Waals surface area contributed by atoms with Crippen molar-refractivity contribution < 1.29 is 19.2 Å². The summed E-state index contributed by atoms with van der Waals surface area (Å²) in [5.74, 6) is -1.83. The SMILES string of the molecule is CCOC(=O)/C(N)=N/OC(=O)CC. The topological polar surface area (TPSA) is 91.0 Å². The number of oxime groups is 1. The molecule has 0 amide bonds. The van der Waals surface area contributed by atoms with E-state index in [-0.39, 0.29) is 13.0 Å². The van der Waals surface area contributed by atoms with Gasteiger partial charge in [0.15, 0.2) is 0 Å². The van der Waals surface area contributed by atoms with Crippen LogP contribution in [0.15, 0.2) is 5.16 Å². The van der Waals surface area contributed by atoms with Crippen LogP contribution in [0.2, 0.25) is 0 Å². The smallest absolute Gasteiger partial charge is 0.377 e. The van der Waals surface area contributed by atoms with Gasteiger partial charge in [0.25, 0.3) is 0 Å². The van der Waals surface area contributed by atoms with Crippen molar-refractivity contribution >= 4 is 17.8 Å². The first-order chi connectivity index (χ1) is 6.11. The maximum Gasteiger partial charge on any atom is 0.377 e. The third-order valence-electron chi connectivity index (χ3n) is 1.02. The molecule has 0 spiro atoms. The average Bonchev–Trinajstić information content (AvgIpc) is 2.13. The molecule has 2 N–H and O–H groups in total. The van der Waals surface area contributed by atoms with Crippen molar-refractivity contribution in [2.45, 2.75) is 20.3 Å². The van der Waals surface area contributed by atoms with Crippen molar-refractivity contribution in [1.82, 2.24) is 0 Å². The van der Waals surface area contributed by atoms with Gasteiger partial charge in [0.2, 0.25) is 5.84 Å². The van der Waals surface area contributed by atoms with E-state index in [1.807, 2.05) is 0 Å². The highest BCUT2D eigenvalue weighted by atomic mass is 16.7. The number of rotatable bonds is 3. The Balaban J connectivity index is 4.01. The van der Waals surface area contributed by atoms with Gasteiger partial charge in [-0.15, -0.1) is 0 Å². The molecule has 0 aliphatic carbocycles. The molecule has 0 aromatic rings. The normalized spacial score (nSPS) is 10.8. The van der Waals surface area contributed by atoms with E-state index in [1.165, 1.54) is 0 Å². The third-order valence-corrected chi connectivity index (χ3v) is 1.02. The average molecular weight is 188 g/mol. The fourth-order valence-electron chi connectivity index (χ4n) is 0.407. The van der Waals surface area contributed by atoms with E-state index in [1.54, 1.807) is 13.8 Å². The molecule has 0 heterocycles. The molecule has 0 aromatic carbocycles. The predicted octanol–water partition coefficient (Wildman–Crippen LogP) is -0.225. The Labute approximate surface area is 75.7 Å². The van der Waals surface area contributed by atoms with Crippen molar-refractivity contribution in [3.05, 3.63) is 0 Å². The third kappa shape index (κ3) is 4.78. The summed E-state index contributed by atoms with van der Waals surface area (Å²) in [6.07, 6.45) is 0.166. The molecule has 13 heavy (non-hydrogen) atoms. The minimum Gasteiger partial charge on any atom is -0.460 e. The van der Waals surface area contributed by atoms with Crippen LogP contribution in [0.3, 0.4) is 0 Å². The predicted molar refractivity (Wildman–Crippen MR) is 44.6 cm³/mol. The lowest BCUT2D eigenvalue weighted by Gasteiger charge is -1.99. The van der Waals surface area contributed by atoms with Gasteiger partial charge in [0, 0.05) is 6.42 Å². The zero-order valence-corrected chi connectivity index (χ0v) is 7.57. The zero-order chi connectivity index (χ0) is 10.3. The van der Waals surface area contributed by atoms with E-state index in [0.717, 1.165) is 0 Å². The Morgan fingerprint density at radius 1 is 1.38 bits per heavy atom. The fraction of sp³-hybridized carbons (Fsp3) is 0.571. The number of ether oxygens (including phenoxy) is 1. The Morgan fingerprint density at radius 3 is 2.46 bits per heavy atom. The van der Waals surface area contributed by atoms with Crippen LogP contribution in [0.5, 0.6) is 0 Å². The monoisotopic (exact) mass is 188 g/mol. The highest BCUT2D eigenvalue weighted by molar-refractivity contribution is 6.34. The summed E-state index contributed by atoms with van der Waals surface area (Å²) >= 11 is 0. The quantitative estimate of drug-likeness (QED) is 0.217. The lowest BCUT2D eigenvalue weighted by atomic mass is 10.5. The van der Waals surface area contributed by atoms with E-state index in [2.05, 4.69) is 14.7 Å². The molecular weight excluding hydrogens is 176 g/mol. The summed E-state index contributed by atoms with van der Waals surface area (Å²) < 4.78 is 4.48. The first-order valence-electron chi connectivity index (χ1n) is 3.82. The van der Waals surface area contributed by atoms with Gasteiger partial charge in [-0.1, -0.05) is 12.1 Å². The number of carbonyl (C=O) groups excluding carboxylic acids is 2. The van der Waals surface area contributed by atoms with Crippen LogP contribution >= 0.6 is 0 Å². The van der Waals surface area contributed by atoms with Gasteiger partial charge in [-0.2, -0.15) is 0 Å². The summed E-state index contributed by atoms with van der Waals surface area (Å²) in [7, 11) is 0. The molecule has 0 atom stereocenters. The lowest BCUT2D eigenvalue weighted by molar-refractivity contribution is -0.143. The summed E-state index contributed by atoms with van der Waals surface area (Å²) in [5.41, 5.74) is 5.10. The molecule has 0 aliphatic heterocycles. The first-order valence-corrected chi connectivity index (χ1v) is 3.82. The second-order valence-corrected chi connectivity index (χ2v) is 2.01. The van der Waals surface area contributed by atoms with Crippen LogP contribution in [-0.4, -0.2) is 24.4 Å². The molecule has 0 unspecified atom stereocenters. The van der Waals surface area contributed by atoms with Crippen LogP contribution in [0.25, 0.3) is 0 Å². The Hall–Kier alpha value is -1.59. The van der Waals surface area contributed by atoms with Gasteiger partial charge in [-0.3, -0.25) is 0 Å². The van der Waals surface area contributed by atoms with Gasteiger partial charge in [-0.05, 0) is 6.92 Å². The number of hydrogen-bond acceptors (Lipinski definition) is 5. The molecule has 0 aliphatic rings. The summed E-state index contributed by atoms with van der Waals surface area (Å²) in [5, 5.41) is 3.08. The summed E-state index contributed by atoms with van der Waals surface area (Å²) in [6, 6.07) is 0. The van der Waals surface area contributed by atoms with Gasteiger partial charge in [0.05, 0.1) is 6.61 Å².